The molecular weight excluding hydrogens is 809 g/mol. The molecule has 0 N–H and O–H groups in total. The first kappa shape index (κ1) is 35.1. The van der Waals surface area contributed by atoms with Crippen LogP contribution in [0.15, 0.2) is 218 Å². The van der Waals surface area contributed by atoms with Crippen molar-refractivity contribution in [3.63, 3.8) is 0 Å². The Balaban J connectivity index is 1.01. The van der Waals surface area contributed by atoms with Crippen LogP contribution >= 0.6 is 11.3 Å². The Labute approximate surface area is 376 Å². The van der Waals surface area contributed by atoms with E-state index in [4.69, 9.17) is 0 Å². The standard InChI is InChI=1S/C60H36N4S/c1-2-15-37(16-3-1)63-49-24-9-4-19-41(49)44-30-32-53-57(59(44)63)46-22-6-11-26-51(46)61(53)38-17-14-18-39(35-38)64-50-25-10-5-20-42(50)45-31-33-54-58(60(45)64)47-23-7-12-27-52(47)62(54)40-29-34-56-48(36-40)43-21-8-13-28-55(43)65-56/h1-36H. The second kappa shape index (κ2) is 13.1. The minimum absolute atomic E-state index is 1.12. The number of para-hydroxylation sites is 5. The van der Waals surface area contributed by atoms with E-state index in [9.17, 15) is 0 Å². The highest BCUT2D eigenvalue weighted by molar-refractivity contribution is 7.25. The molecule has 4 nitrogen and oxygen atoms in total. The van der Waals surface area contributed by atoms with Crippen molar-refractivity contribution < 1.29 is 0 Å². The Morgan fingerprint density at radius 2 is 0.662 bits per heavy atom. The molecule has 0 aliphatic rings. The van der Waals surface area contributed by atoms with Crippen molar-refractivity contribution in [1.29, 1.82) is 0 Å². The summed E-state index contributed by atoms with van der Waals surface area (Å²) in [5, 5.41) is 12.6. The molecule has 5 heterocycles. The van der Waals surface area contributed by atoms with E-state index in [0.717, 1.165) is 17.1 Å². The molecule has 0 aliphatic carbocycles. The molecule has 15 aromatic rings. The van der Waals surface area contributed by atoms with Crippen molar-refractivity contribution in [2.75, 3.05) is 0 Å². The maximum Gasteiger partial charge on any atom is 0.0641 e. The summed E-state index contributed by atoms with van der Waals surface area (Å²) in [6.45, 7) is 0. The quantitative estimate of drug-likeness (QED) is 0.168. The third kappa shape index (κ3) is 4.74. The molecule has 0 amide bonds. The highest BCUT2D eigenvalue weighted by Crippen LogP contribution is 2.45. The van der Waals surface area contributed by atoms with E-state index in [1.807, 2.05) is 11.3 Å². The van der Waals surface area contributed by atoms with Gasteiger partial charge in [0, 0.05) is 86.0 Å². The third-order valence-corrected chi connectivity index (χ3v) is 15.1. The van der Waals surface area contributed by atoms with Gasteiger partial charge in [0.15, 0.2) is 0 Å². The lowest BCUT2D eigenvalue weighted by Crippen LogP contribution is -1.99. The molecule has 65 heavy (non-hydrogen) atoms. The summed E-state index contributed by atoms with van der Waals surface area (Å²) in [5.41, 5.74) is 14.2. The smallest absolute Gasteiger partial charge is 0.0641 e. The van der Waals surface area contributed by atoms with E-state index in [0.29, 0.717) is 0 Å². The van der Waals surface area contributed by atoms with Crippen LogP contribution in [0.3, 0.4) is 0 Å². The van der Waals surface area contributed by atoms with Crippen LogP contribution in [-0.4, -0.2) is 18.3 Å². The largest absolute Gasteiger partial charge is 0.309 e. The highest BCUT2D eigenvalue weighted by atomic mass is 32.1. The summed E-state index contributed by atoms with van der Waals surface area (Å²) in [7, 11) is 0. The first-order valence-corrected chi connectivity index (χ1v) is 23.1. The van der Waals surface area contributed by atoms with Crippen molar-refractivity contribution >= 4 is 119 Å². The normalized spacial score (nSPS) is 12.3. The zero-order valence-electron chi connectivity index (χ0n) is 35.0. The number of nitrogens with zero attached hydrogens (tertiary/aromatic N) is 4. The lowest BCUT2D eigenvalue weighted by atomic mass is 10.1. The van der Waals surface area contributed by atoms with Crippen molar-refractivity contribution in [2.45, 2.75) is 0 Å². The number of aromatic nitrogens is 4. The maximum absolute atomic E-state index is 2.52. The number of hydrogen-bond acceptors (Lipinski definition) is 1. The molecule has 0 aliphatic heterocycles. The number of fused-ring (bicyclic) bond motifs is 17. The van der Waals surface area contributed by atoms with Gasteiger partial charge in [0.25, 0.3) is 0 Å². The summed E-state index contributed by atoms with van der Waals surface area (Å²) < 4.78 is 12.6. The van der Waals surface area contributed by atoms with E-state index in [1.165, 1.54) is 113 Å². The Morgan fingerprint density at radius 1 is 0.231 bits per heavy atom. The molecule has 15 rings (SSSR count). The van der Waals surface area contributed by atoms with Crippen LogP contribution in [0.4, 0.5) is 0 Å². The van der Waals surface area contributed by atoms with E-state index < -0.39 is 0 Å². The van der Waals surface area contributed by atoms with Crippen molar-refractivity contribution in [3.05, 3.63) is 218 Å². The summed E-state index contributed by atoms with van der Waals surface area (Å²) in [5.74, 6) is 0. The SMILES string of the molecule is c1ccc(-n2c3ccccc3c3ccc4c(c5ccccc5n4-c4cccc(-n5c6ccccc6c6ccc7c(c8ccccc8n7-c7ccc8sc9ccccc9c8c7)c65)c4)c32)cc1. The fourth-order valence-electron chi connectivity index (χ4n) is 11.3. The van der Waals surface area contributed by atoms with Gasteiger partial charge in [-0.3, -0.25) is 0 Å². The van der Waals surface area contributed by atoms with E-state index in [-0.39, 0.29) is 0 Å². The van der Waals surface area contributed by atoms with Crippen LogP contribution in [0.25, 0.3) is 130 Å². The van der Waals surface area contributed by atoms with E-state index in [2.05, 4.69) is 237 Å². The third-order valence-electron chi connectivity index (χ3n) is 13.9. The lowest BCUT2D eigenvalue weighted by Gasteiger charge is -2.14. The Kier molecular flexibility index (Phi) is 7.07. The van der Waals surface area contributed by atoms with Gasteiger partial charge in [-0.2, -0.15) is 0 Å². The molecule has 0 radical (unpaired) electrons. The average molecular weight is 845 g/mol. The van der Waals surface area contributed by atoms with Crippen molar-refractivity contribution in [3.8, 4) is 22.7 Å². The van der Waals surface area contributed by atoms with E-state index >= 15 is 0 Å². The average Bonchev–Trinajstić information content (AvgIpc) is 4.16. The number of thiophene rings is 1. The van der Waals surface area contributed by atoms with Crippen LogP contribution < -0.4 is 0 Å². The van der Waals surface area contributed by atoms with Gasteiger partial charge in [-0.1, -0.05) is 127 Å². The molecule has 0 saturated carbocycles. The lowest BCUT2D eigenvalue weighted by molar-refractivity contribution is 1.14. The maximum atomic E-state index is 2.52. The topological polar surface area (TPSA) is 19.7 Å². The summed E-state index contributed by atoms with van der Waals surface area (Å²) in [4.78, 5) is 0. The molecule has 0 spiro atoms. The van der Waals surface area contributed by atoms with E-state index in [1.54, 1.807) is 0 Å². The van der Waals surface area contributed by atoms with Gasteiger partial charge >= 0.3 is 0 Å². The number of rotatable bonds is 4. The Hall–Kier alpha value is -8.38. The van der Waals surface area contributed by atoms with Crippen LogP contribution in [0.1, 0.15) is 0 Å². The van der Waals surface area contributed by atoms with Gasteiger partial charge < -0.3 is 18.3 Å². The predicted octanol–water partition coefficient (Wildman–Crippen LogP) is 16.4. The number of benzene rings is 10. The number of hydrogen-bond donors (Lipinski definition) is 0. The molecule has 10 aromatic carbocycles. The molecule has 0 atom stereocenters. The van der Waals surface area contributed by atoms with Gasteiger partial charge in [-0.15, -0.1) is 11.3 Å². The van der Waals surface area contributed by atoms with Crippen LogP contribution in [-0.2, 0) is 0 Å². The molecule has 0 saturated heterocycles. The highest BCUT2D eigenvalue weighted by Gasteiger charge is 2.24. The van der Waals surface area contributed by atoms with Crippen LogP contribution in [0.5, 0.6) is 0 Å². The van der Waals surface area contributed by atoms with Crippen molar-refractivity contribution in [2.24, 2.45) is 0 Å². The first-order valence-electron chi connectivity index (χ1n) is 22.3. The molecule has 0 fully saturated rings. The molecule has 5 aromatic heterocycles. The fraction of sp³-hybridized carbons (Fsp3) is 0. The fourth-order valence-corrected chi connectivity index (χ4v) is 12.4. The second-order valence-corrected chi connectivity index (χ2v) is 18.3. The summed E-state index contributed by atoms with van der Waals surface area (Å²) in [6.07, 6.45) is 0. The Morgan fingerprint density at radius 3 is 1.26 bits per heavy atom. The summed E-state index contributed by atoms with van der Waals surface area (Å²) in [6, 6.07) is 80.7. The minimum Gasteiger partial charge on any atom is -0.309 e. The minimum atomic E-state index is 1.12. The predicted molar refractivity (Wildman–Crippen MR) is 277 cm³/mol. The zero-order chi connectivity index (χ0) is 42.3. The van der Waals surface area contributed by atoms with Crippen molar-refractivity contribution in [1.82, 2.24) is 18.3 Å². The molecule has 5 heteroatoms. The Bertz CT molecular complexity index is 4480. The second-order valence-electron chi connectivity index (χ2n) is 17.3. The zero-order valence-corrected chi connectivity index (χ0v) is 35.8. The van der Waals surface area contributed by atoms with Crippen LogP contribution in [0, 0.1) is 0 Å². The first-order chi connectivity index (χ1) is 32.3. The molecule has 0 bridgehead atoms. The molecule has 302 valence electrons. The van der Waals surface area contributed by atoms with Gasteiger partial charge in [0.1, 0.15) is 0 Å². The van der Waals surface area contributed by atoms with Gasteiger partial charge in [0.2, 0.25) is 0 Å². The van der Waals surface area contributed by atoms with Crippen LogP contribution in [0.2, 0.25) is 0 Å². The molecular formula is C60H36N4S. The monoisotopic (exact) mass is 844 g/mol. The summed E-state index contributed by atoms with van der Waals surface area (Å²) >= 11 is 1.86. The van der Waals surface area contributed by atoms with Gasteiger partial charge in [0.05, 0.1) is 44.1 Å². The molecule has 0 unspecified atom stereocenters. The van der Waals surface area contributed by atoms with Gasteiger partial charge in [-0.05, 0) is 91.0 Å². The van der Waals surface area contributed by atoms with Gasteiger partial charge in [-0.25, -0.2) is 0 Å².